The number of nitrogens with zero attached hydrogens (tertiary/aromatic N) is 1. The third-order valence-electron chi connectivity index (χ3n) is 8.47. The van der Waals surface area contributed by atoms with Crippen LogP contribution in [0.15, 0.2) is 47.8 Å². The molecule has 5 atom stereocenters. The van der Waals surface area contributed by atoms with Crippen molar-refractivity contribution in [3.05, 3.63) is 53.4 Å². The lowest BCUT2D eigenvalue weighted by Gasteiger charge is -2.56. The van der Waals surface area contributed by atoms with Crippen LogP contribution in [0, 0.1) is 28.6 Å². The van der Waals surface area contributed by atoms with Crippen LogP contribution in [-0.2, 0) is 0 Å². The van der Waals surface area contributed by atoms with Gasteiger partial charge in [-0.3, -0.25) is 4.98 Å². The lowest BCUT2D eigenvalue weighted by Crippen LogP contribution is -2.46. The topological polar surface area (TPSA) is 38.9 Å². The normalized spacial score (nSPS) is 40.3. The van der Waals surface area contributed by atoms with Crippen LogP contribution in [-0.4, -0.2) is 4.98 Å². The summed E-state index contributed by atoms with van der Waals surface area (Å²) < 4.78 is 0. The van der Waals surface area contributed by atoms with Gasteiger partial charge in [-0.15, -0.1) is 0 Å². The Kier molecular flexibility index (Phi) is 3.73. The Morgan fingerprint density at radius 3 is 2.78 bits per heavy atom. The summed E-state index contributed by atoms with van der Waals surface area (Å²) in [5.74, 6) is 2.38. The van der Waals surface area contributed by atoms with Crippen molar-refractivity contribution in [3.8, 4) is 0 Å². The van der Waals surface area contributed by atoms with Gasteiger partial charge in [0, 0.05) is 17.8 Å². The van der Waals surface area contributed by atoms with E-state index in [1.807, 2.05) is 6.20 Å². The first kappa shape index (κ1) is 17.3. The fourth-order valence-corrected chi connectivity index (χ4v) is 6.87. The molecule has 0 spiro atoms. The molecular weight excluding hydrogens is 328 g/mol. The summed E-state index contributed by atoms with van der Waals surface area (Å²) in [6.45, 7) is 7.47. The third-order valence-corrected chi connectivity index (χ3v) is 8.47. The molecule has 5 rings (SSSR count). The molecule has 2 nitrogen and oxygen atoms in total. The zero-order valence-electron chi connectivity index (χ0n) is 17.0. The molecular formula is C25H32N2. The second kappa shape index (κ2) is 5.83. The van der Waals surface area contributed by atoms with Gasteiger partial charge in [-0.05, 0) is 78.9 Å². The number of nitrogens with two attached hydrogens (primary N) is 1. The molecule has 1 heterocycles. The minimum Gasteiger partial charge on any atom is -0.397 e. The van der Waals surface area contributed by atoms with E-state index in [4.69, 9.17) is 5.73 Å². The Bertz CT molecular complexity index is 876. The van der Waals surface area contributed by atoms with Crippen molar-refractivity contribution in [2.45, 2.75) is 59.3 Å². The molecule has 0 amide bonds. The first-order valence-electron chi connectivity index (χ1n) is 10.7. The molecule has 2 fully saturated rings. The highest BCUT2D eigenvalue weighted by Gasteiger charge is 2.53. The van der Waals surface area contributed by atoms with Gasteiger partial charge >= 0.3 is 0 Å². The zero-order valence-corrected chi connectivity index (χ0v) is 17.0. The van der Waals surface area contributed by atoms with E-state index >= 15 is 0 Å². The lowest BCUT2D eigenvalue weighted by molar-refractivity contribution is 0.0682. The number of anilines is 1. The molecule has 0 aromatic carbocycles. The van der Waals surface area contributed by atoms with Gasteiger partial charge < -0.3 is 5.73 Å². The van der Waals surface area contributed by atoms with Gasteiger partial charge in [0.05, 0.1) is 5.69 Å². The summed E-state index contributed by atoms with van der Waals surface area (Å²) in [6, 6.07) is 2.09. The number of allylic oxidation sites excluding steroid dienone is 6. The first-order valence-corrected chi connectivity index (χ1v) is 10.7. The Labute approximate surface area is 163 Å². The number of rotatable bonds is 1. The van der Waals surface area contributed by atoms with Gasteiger partial charge in [0.2, 0.25) is 0 Å². The number of nitrogen functional groups attached to an aromatic ring is 1. The summed E-state index contributed by atoms with van der Waals surface area (Å²) in [7, 11) is 0. The van der Waals surface area contributed by atoms with Crippen LogP contribution in [0.4, 0.5) is 5.69 Å². The Balaban J connectivity index is 1.49. The highest BCUT2D eigenvalue weighted by molar-refractivity contribution is 5.79. The predicted molar refractivity (Wildman–Crippen MR) is 113 cm³/mol. The van der Waals surface area contributed by atoms with E-state index in [0.29, 0.717) is 11.3 Å². The van der Waals surface area contributed by atoms with E-state index in [-0.39, 0.29) is 5.41 Å². The summed E-state index contributed by atoms with van der Waals surface area (Å²) >= 11 is 0. The van der Waals surface area contributed by atoms with Gasteiger partial charge in [-0.2, -0.15) is 0 Å². The minimum absolute atomic E-state index is 0.153. The molecule has 2 saturated carbocycles. The van der Waals surface area contributed by atoms with Crippen LogP contribution < -0.4 is 5.73 Å². The Morgan fingerprint density at radius 2 is 1.96 bits per heavy atom. The van der Waals surface area contributed by atoms with Crippen LogP contribution in [0.2, 0.25) is 0 Å². The smallest absolute Gasteiger partial charge is 0.0506 e. The highest BCUT2D eigenvalue weighted by Crippen LogP contribution is 2.65. The largest absolute Gasteiger partial charge is 0.397 e. The molecule has 4 aliphatic carbocycles. The molecule has 0 saturated heterocycles. The first-order chi connectivity index (χ1) is 12.9. The van der Waals surface area contributed by atoms with Crippen molar-refractivity contribution in [2.75, 3.05) is 5.73 Å². The molecule has 1 aromatic rings. The van der Waals surface area contributed by atoms with E-state index in [1.54, 1.807) is 17.3 Å². The monoisotopic (exact) mass is 360 g/mol. The molecule has 0 bridgehead atoms. The lowest BCUT2D eigenvalue weighted by atomic mass is 9.48. The molecule has 4 aliphatic rings. The van der Waals surface area contributed by atoms with Crippen molar-refractivity contribution in [2.24, 2.45) is 28.6 Å². The second-order valence-electron chi connectivity index (χ2n) is 10.0. The third kappa shape index (κ3) is 2.41. The summed E-state index contributed by atoms with van der Waals surface area (Å²) in [5, 5.41) is 0. The van der Waals surface area contributed by atoms with E-state index < -0.39 is 0 Å². The maximum atomic E-state index is 6.03. The van der Waals surface area contributed by atoms with Crippen LogP contribution in [0.1, 0.15) is 64.9 Å². The van der Waals surface area contributed by atoms with E-state index in [2.05, 4.69) is 50.0 Å². The maximum Gasteiger partial charge on any atom is 0.0506 e. The zero-order chi connectivity index (χ0) is 18.8. The minimum atomic E-state index is 0.153. The van der Waals surface area contributed by atoms with Gasteiger partial charge in [-0.1, -0.05) is 50.1 Å². The van der Waals surface area contributed by atoms with E-state index in [0.717, 1.165) is 17.5 Å². The molecule has 2 heteroatoms. The van der Waals surface area contributed by atoms with Crippen molar-refractivity contribution in [1.82, 2.24) is 4.98 Å². The van der Waals surface area contributed by atoms with Crippen LogP contribution >= 0.6 is 0 Å². The average molecular weight is 361 g/mol. The van der Waals surface area contributed by atoms with Gasteiger partial charge in [-0.25, -0.2) is 0 Å². The van der Waals surface area contributed by atoms with Crippen LogP contribution in [0.25, 0.3) is 5.57 Å². The van der Waals surface area contributed by atoms with Crippen LogP contribution in [0.3, 0.4) is 0 Å². The summed E-state index contributed by atoms with van der Waals surface area (Å²) in [5.41, 5.74) is 13.4. The number of fused-ring (bicyclic) bond motifs is 5. The van der Waals surface area contributed by atoms with Gasteiger partial charge in [0.1, 0.15) is 0 Å². The molecule has 1 aromatic heterocycles. The fourth-order valence-electron chi connectivity index (χ4n) is 6.87. The molecule has 2 N–H and O–H groups in total. The van der Waals surface area contributed by atoms with Crippen molar-refractivity contribution >= 4 is 11.3 Å². The fraction of sp³-hybridized carbons (Fsp3) is 0.560. The van der Waals surface area contributed by atoms with Gasteiger partial charge in [0.25, 0.3) is 0 Å². The molecule has 27 heavy (non-hydrogen) atoms. The Hall–Kier alpha value is -1.83. The van der Waals surface area contributed by atoms with E-state index in [9.17, 15) is 0 Å². The Morgan fingerprint density at radius 1 is 1.11 bits per heavy atom. The highest BCUT2D eigenvalue weighted by atomic mass is 14.7. The number of aromatic nitrogens is 1. The summed E-state index contributed by atoms with van der Waals surface area (Å²) in [6.07, 6.45) is 19.1. The predicted octanol–water partition coefficient (Wildman–Crippen LogP) is 6.18. The van der Waals surface area contributed by atoms with Crippen molar-refractivity contribution < 1.29 is 0 Å². The number of pyridine rings is 1. The SMILES string of the molecule is C[C@H]1CC[C@@]2(C)C(=CC[C@H]3C4=CC=C(c5cncc(N)c5)[C@@]4(C)CC[C@@H]32)C1. The molecule has 0 radical (unpaired) electrons. The molecule has 0 aliphatic heterocycles. The maximum absolute atomic E-state index is 6.03. The quantitative estimate of drug-likeness (QED) is 0.608. The van der Waals surface area contributed by atoms with Gasteiger partial charge in [0.15, 0.2) is 0 Å². The van der Waals surface area contributed by atoms with Crippen molar-refractivity contribution in [1.29, 1.82) is 0 Å². The second-order valence-corrected chi connectivity index (χ2v) is 10.0. The van der Waals surface area contributed by atoms with E-state index in [1.165, 1.54) is 49.7 Å². The summed E-state index contributed by atoms with van der Waals surface area (Å²) in [4.78, 5) is 4.35. The number of hydrogen-bond donors (Lipinski definition) is 1. The molecule has 142 valence electrons. The molecule has 0 unspecified atom stereocenters. The van der Waals surface area contributed by atoms with Crippen LogP contribution in [0.5, 0.6) is 0 Å². The number of hydrogen-bond acceptors (Lipinski definition) is 2. The average Bonchev–Trinajstić information content (AvgIpc) is 2.99. The van der Waals surface area contributed by atoms with Crippen molar-refractivity contribution in [3.63, 3.8) is 0 Å². The standard InChI is InChI=1S/C25H32N2/c1-16-8-10-24(2)18(12-16)4-5-20-22-7-6-21(17-13-19(26)15-27-14-17)25(22,3)11-9-23(20)24/h4,6-7,13-16,20,23H,5,8-12,26H2,1-3H3/t16-,20-,23-,24-,25+/m0/s1.